The van der Waals surface area contributed by atoms with E-state index in [1.165, 1.54) is 0 Å². The molecule has 1 heterocycles. The lowest BCUT2D eigenvalue weighted by molar-refractivity contribution is -0.139. The minimum atomic E-state index is -0.350. The van der Waals surface area contributed by atoms with Gasteiger partial charge in [-0.2, -0.15) is 0 Å². The summed E-state index contributed by atoms with van der Waals surface area (Å²) in [6.45, 7) is 2.83. The van der Waals surface area contributed by atoms with Gasteiger partial charge in [-0.25, -0.2) is 4.79 Å². The topological polar surface area (TPSA) is 62.8 Å². The molecule has 0 amide bonds. The molecule has 2 rings (SSSR count). The van der Waals surface area contributed by atoms with Crippen molar-refractivity contribution in [3.63, 3.8) is 0 Å². The molecule has 2 N–H and O–H groups in total. The molecule has 0 spiro atoms. The number of nitrogens with zero attached hydrogens (tertiary/aromatic N) is 1. The van der Waals surface area contributed by atoms with Gasteiger partial charge in [0.2, 0.25) is 0 Å². The second-order valence-corrected chi connectivity index (χ2v) is 6.19. The fourth-order valence-electron chi connectivity index (χ4n) is 2.41. The predicted octanol–water partition coefficient (Wildman–Crippen LogP) is 1.59. The summed E-state index contributed by atoms with van der Waals surface area (Å²) in [4.78, 5) is 14.5. The Morgan fingerprint density at radius 1 is 1.29 bits per heavy atom. The number of methoxy groups -OCH3 is 1. The van der Waals surface area contributed by atoms with Crippen LogP contribution in [0.25, 0.3) is 0 Å². The zero-order valence-electron chi connectivity index (χ0n) is 14.4. The lowest BCUT2D eigenvalue weighted by Gasteiger charge is -2.30. The molecule has 0 aromatic heterocycles. The van der Waals surface area contributed by atoms with E-state index in [0.717, 1.165) is 11.3 Å². The first kappa shape index (κ1) is 18.2. The van der Waals surface area contributed by atoms with Gasteiger partial charge in [-0.05, 0) is 50.9 Å². The van der Waals surface area contributed by atoms with E-state index < -0.39 is 0 Å². The third-order valence-corrected chi connectivity index (χ3v) is 3.93. The number of esters is 1. The second kappa shape index (κ2) is 8.12. The van der Waals surface area contributed by atoms with E-state index in [-0.39, 0.29) is 12.0 Å². The van der Waals surface area contributed by atoms with Crippen molar-refractivity contribution < 1.29 is 14.3 Å². The third kappa shape index (κ3) is 4.46. The molecule has 6 nitrogen and oxygen atoms in total. The van der Waals surface area contributed by atoms with Crippen LogP contribution in [0.3, 0.4) is 0 Å². The van der Waals surface area contributed by atoms with E-state index in [1.807, 2.05) is 50.2 Å². The molecule has 1 aromatic rings. The van der Waals surface area contributed by atoms with Crippen molar-refractivity contribution in [3.8, 4) is 5.75 Å². The molecule has 0 aliphatic carbocycles. The summed E-state index contributed by atoms with van der Waals surface area (Å²) in [5, 5.41) is 6.62. The Kier molecular flexibility index (Phi) is 6.16. The lowest BCUT2D eigenvalue weighted by Crippen LogP contribution is -2.45. The Hall–Kier alpha value is -2.12. The first-order valence-electron chi connectivity index (χ1n) is 7.66. The van der Waals surface area contributed by atoms with Crippen molar-refractivity contribution in [3.05, 3.63) is 41.1 Å². The number of benzene rings is 1. The largest absolute Gasteiger partial charge is 0.497 e. The number of nitrogens with one attached hydrogen (secondary N) is 2. The SMILES string of the molecule is COc1ccc(C2NC(=S)NC(C)=C2C(=O)OCCN(C)C)cc1. The van der Waals surface area contributed by atoms with Crippen LogP contribution in [0.5, 0.6) is 5.75 Å². The molecule has 1 aromatic carbocycles. The number of hydrogen-bond donors (Lipinski definition) is 2. The van der Waals surface area contributed by atoms with E-state index in [1.54, 1.807) is 7.11 Å². The molecule has 24 heavy (non-hydrogen) atoms. The molecule has 1 aliphatic rings. The summed E-state index contributed by atoms with van der Waals surface area (Å²) >= 11 is 5.23. The quantitative estimate of drug-likeness (QED) is 0.597. The Morgan fingerprint density at radius 2 is 1.96 bits per heavy atom. The van der Waals surface area contributed by atoms with E-state index in [4.69, 9.17) is 21.7 Å². The van der Waals surface area contributed by atoms with Gasteiger partial charge in [0.15, 0.2) is 5.11 Å². The average Bonchev–Trinajstić information content (AvgIpc) is 2.53. The number of likely N-dealkylation sites (N-methyl/N-ethyl adjacent to an activating group) is 1. The van der Waals surface area contributed by atoms with Crippen LogP contribution in [-0.4, -0.2) is 50.3 Å². The molecule has 0 saturated heterocycles. The summed E-state index contributed by atoms with van der Waals surface area (Å²) in [6.07, 6.45) is 0. The van der Waals surface area contributed by atoms with Gasteiger partial charge < -0.3 is 25.0 Å². The smallest absolute Gasteiger partial charge is 0.338 e. The maximum atomic E-state index is 12.6. The Balaban J connectivity index is 2.24. The maximum Gasteiger partial charge on any atom is 0.338 e. The highest BCUT2D eigenvalue weighted by Gasteiger charge is 2.30. The highest BCUT2D eigenvalue weighted by Crippen LogP contribution is 2.28. The zero-order valence-corrected chi connectivity index (χ0v) is 15.2. The van der Waals surface area contributed by atoms with Crippen molar-refractivity contribution >= 4 is 23.3 Å². The zero-order chi connectivity index (χ0) is 17.7. The molecule has 0 fully saturated rings. The average molecular weight is 349 g/mol. The predicted molar refractivity (Wildman–Crippen MR) is 96.8 cm³/mol. The van der Waals surface area contributed by atoms with Gasteiger partial charge in [0.1, 0.15) is 12.4 Å². The molecule has 1 atom stereocenters. The summed E-state index contributed by atoms with van der Waals surface area (Å²) in [5.41, 5.74) is 2.15. The Morgan fingerprint density at radius 3 is 2.54 bits per heavy atom. The summed E-state index contributed by atoms with van der Waals surface area (Å²) in [7, 11) is 5.48. The molecule has 0 radical (unpaired) electrons. The normalized spacial score (nSPS) is 17.4. The number of carbonyl (C=O) groups excluding carboxylic acids is 1. The molecule has 1 aliphatic heterocycles. The number of ether oxygens (including phenoxy) is 2. The van der Waals surface area contributed by atoms with Gasteiger partial charge in [0.05, 0.1) is 18.7 Å². The highest BCUT2D eigenvalue weighted by molar-refractivity contribution is 7.80. The van der Waals surface area contributed by atoms with Gasteiger partial charge in [-0.15, -0.1) is 0 Å². The van der Waals surface area contributed by atoms with Crippen LogP contribution >= 0.6 is 12.2 Å². The van der Waals surface area contributed by atoms with Gasteiger partial charge >= 0.3 is 5.97 Å². The Labute approximate surface area is 147 Å². The third-order valence-electron chi connectivity index (χ3n) is 3.71. The van der Waals surface area contributed by atoms with E-state index in [2.05, 4.69) is 10.6 Å². The lowest BCUT2D eigenvalue weighted by atomic mass is 9.95. The molecule has 130 valence electrons. The first-order valence-corrected chi connectivity index (χ1v) is 8.07. The van der Waals surface area contributed by atoms with Crippen LogP contribution < -0.4 is 15.4 Å². The van der Waals surface area contributed by atoms with Crippen LogP contribution in [0.1, 0.15) is 18.5 Å². The van der Waals surface area contributed by atoms with E-state index in [0.29, 0.717) is 29.5 Å². The van der Waals surface area contributed by atoms with Gasteiger partial charge in [0.25, 0.3) is 0 Å². The first-order chi connectivity index (χ1) is 11.4. The standard InChI is InChI=1S/C17H23N3O3S/c1-11-14(16(21)23-10-9-20(2)3)15(19-17(24)18-11)12-5-7-13(22-4)8-6-12/h5-8,15H,9-10H2,1-4H3,(H2,18,19,24). The summed E-state index contributed by atoms with van der Waals surface area (Å²) in [5.74, 6) is 0.406. The molecular weight excluding hydrogens is 326 g/mol. The summed E-state index contributed by atoms with van der Waals surface area (Å²) < 4.78 is 10.6. The van der Waals surface area contributed by atoms with Crippen molar-refractivity contribution in [1.82, 2.24) is 15.5 Å². The van der Waals surface area contributed by atoms with Crippen LogP contribution in [0.2, 0.25) is 0 Å². The number of allylic oxidation sites excluding steroid dienone is 1. The maximum absolute atomic E-state index is 12.6. The van der Waals surface area contributed by atoms with Crippen LogP contribution in [0, 0.1) is 0 Å². The number of rotatable bonds is 6. The highest BCUT2D eigenvalue weighted by atomic mass is 32.1. The summed E-state index contributed by atoms with van der Waals surface area (Å²) in [6, 6.07) is 7.17. The monoisotopic (exact) mass is 349 g/mol. The van der Waals surface area contributed by atoms with Crippen molar-refractivity contribution in [2.75, 3.05) is 34.4 Å². The van der Waals surface area contributed by atoms with Gasteiger partial charge in [-0.3, -0.25) is 0 Å². The van der Waals surface area contributed by atoms with Crippen molar-refractivity contribution in [1.29, 1.82) is 0 Å². The molecule has 0 saturated carbocycles. The van der Waals surface area contributed by atoms with Crippen molar-refractivity contribution in [2.24, 2.45) is 0 Å². The second-order valence-electron chi connectivity index (χ2n) is 5.78. The number of carbonyl (C=O) groups is 1. The number of thiocarbonyl (C=S) groups is 1. The minimum Gasteiger partial charge on any atom is -0.497 e. The van der Waals surface area contributed by atoms with Crippen LogP contribution in [0.15, 0.2) is 35.5 Å². The molecular formula is C17H23N3O3S. The van der Waals surface area contributed by atoms with Crippen LogP contribution in [0.4, 0.5) is 0 Å². The minimum absolute atomic E-state index is 0.336. The van der Waals surface area contributed by atoms with Gasteiger partial charge in [0, 0.05) is 12.2 Å². The fraction of sp³-hybridized carbons (Fsp3) is 0.412. The van der Waals surface area contributed by atoms with E-state index >= 15 is 0 Å². The van der Waals surface area contributed by atoms with Crippen LogP contribution in [-0.2, 0) is 9.53 Å². The molecule has 0 bridgehead atoms. The molecule has 1 unspecified atom stereocenters. The fourth-order valence-corrected chi connectivity index (χ4v) is 2.68. The Bertz CT molecular complexity index is 641. The van der Waals surface area contributed by atoms with E-state index in [9.17, 15) is 4.79 Å². The number of hydrogen-bond acceptors (Lipinski definition) is 5. The van der Waals surface area contributed by atoms with Gasteiger partial charge in [-0.1, -0.05) is 12.1 Å². The van der Waals surface area contributed by atoms with Crippen molar-refractivity contribution in [2.45, 2.75) is 13.0 Å². The molecule has 7 heteroatoms.